The summed E-state index contributed by atoms with van der Waals surface area (Å²) in [6.07, 6.45) is 6.79. The molecule has 3 aromatic carbocycles. The van der Waals surface area contributed by atoms with Crippen molar-refractivity contribution in [3.05, 3.63) is 83.2 Å². The van der Waals surface area contributed by atoms with E-state index in [4.69, 9.17) is 9.47 Å². The van der Waals surface area contributed by atoms with E-state index in [9.17, 15) is 8.78 Å². The van der Waals surface area contributed by atoms with Gasteiger partial charge in [0.1, 0.15) is 5.82 Å². The topological polar surface area (TPSA) is 18.5 Å². The molecule has 0 radical (unpaired) electrons. The van der Waals surface area contributed by atoms with Crippen molar-refractivity contribution in [2.75, 3.05) is 13.2 Å². The molecule has 4 rings (SSSR count). The van der Waals surface area contributed by atoms with E-state index in [1.807, 2.05) is 6.07 Å². The van der Waals surface area contributed by atoms with Crippen molar-refractivity contribution in [3.8, 4) is 22.3 Å². The van der Waals surface area contributed by atoms with Crippen LogP contribution >= 0.6 is 0 Å². The maximum atomic E-state index is 15.0. The van der Waals surface area contributed by atoms with Crippen LogP contribution in [0.3, 0.4) is 0 Å². The second-order valence-corrected chi connectivity index (χ2v) is 9.44. The third-order valence-corrected chi connectivity index (χ3v) is 6.73. The summed E-state index contributed by atoms with van der Waals surface area (Å²) in [5.74, 6) is -1.71. The van der Waals surface area contributed by atoms with Crippen molar-refractivity contribution in [3.63, 3.8) is 0 Å². The van der Waals surface area contributed by atoms with Crippen LogP contribution in [0.5, 0.6) is 0 Å². The minimum absolute atomic E-state index is 0.182. The van der Waals surface area contributed by atoms with E-state index in [0.717, 1.165) is 6.42 Å². The molecule has 0 aromatic heterocycles. The smallest absolute Gasteiger partial charge is 0.183 e. The summed E-state index contributed by atoms with van der Waals surface area (Å²) >= 11 is 0. The molecule has 0 saturated carbocycles. The molecule has 0 aliphatic carbocycles. The molecule has 0 unspecified atom stereocenters. The van der Waals surface area contributed by atoms with E-state index in [0.29, 0.717) is 41.4 Å². The quantitative estimate of drug-likeness (QED) is 0.284. The van der Waals surface area contributed by atoms with E-state index < -0.39 is 17.9 Å². The van der Waals surface area contributed by atoms with Crippen molar-refractivity contribution in [2.45, 2.75) is 58.7 Å². The summed E-state index contributed by atoms with van der Waals surface area (Å²) in [4.78, 5) is 0. The summed E-state index contributed by atoms with van der Waals surface area (Å²) in [6.45, 7) is 4.99. The normalized spacial score (nSPS) is 18.1. The zero-order valence-corrected chi connectivity index (χ0v) is 20.5. The van der Waals surface area contributed by atoms with Crippen LogP contribution in [0.2, 0.25) is 0 Å². The summed E-state index contributed by atoms with van der Waals surface area (Å²) in [5, 5.41) is 0. The Labute approximate surface area is 206 Å². The van der Waals surface area contributed by atoms with Crippen molar-refractivity contribution < 1.29 is 22.6 Å². The fraction of sp³-hybridized carbons (Fsp3) is 0.400. The fourth-order valence-electron chi connectivity index (χ4n) is 4.55. The first-order chi connectivity index (χ1) is 17.0. The maximum Gasteiger partial charge on any atom is 0.183 e. The molecule has 1 aliphatic rings. The second kappa shape index (κ2) is 11.9. The second-order valence-electron chi connectivity index (χ2n) is 9.44. The first kappa shape index (κ1) is 25.5. The molecule has 2 nitrogen and oxygen atoms in total. The third kappa shape index (κ3) is 6.14. The van der Waals surface area contributed by atoms with E-state index >= 15 is 4.39 Å². The molecule has 0 spiro atoms. The van der Waals surface area contributed by atoms with Gasteiger partial charge in [-0.2, -0.15) is 0 Å². The van der Waals surface area contributed by atoms with Gasteiger partial charge in [-0.15, -0.1) is 0 Å². The summed E-state index contributed by atoms with van der Waals surface area (Å²) < 4.78 is 55.1. The molecule has 0 amide bonds. The van der Waals surface area contributed by atoms with Crippen molar-refractivity contribution in [1.29, 1.82) is 0 Å². The monoisotopic (exact) mass is 482 g/mol. The van der Waals surface area contributed by atoms with Crippen molar-refractivity contribution in [2.24, 2.45) is 5.92 Å². The Kier molecular flexibility index (Phi) is 8.64. The van der Waals surface area contributed by atoms with Crippen molar-refractivity contribution >= 4 is 0 Å². The van der Waals surface area contributed by atoms with Crippen LogP contribution in [0, 0.1) is 30.3 Å². The molecule has 3 aromatic rings. The number of hydrogen-bond acceptors (Lipinski definition) is 2. The average molecular weight is 483 g/mol. The lowest BCUT2D eigenvalue weighted by Gasteiger charge is -2.29. The van der Waals surface area contributed by atoms with Crippen LogP contribution in [0.15, 0.2) is 54.6 Å². The predicted molar refractivity (Wildman–Crippen MR) is 133 cm³/mol. The number of ether oxygens (including phenoxy) is 2. The predicted octanol–water partition coefficient (Wildman–Crippen LogP) is 8.77. The van der Waals surface area contributed by atoms with Gasteiger partial charge < -0.3 is 9.47 Å². The number of aryl methyl sites for hydroxylation is 1. The van der Waals surface area contributed by atoms with Crippen LogP contribution < -0.4 is 0 Å². The molecule has 1 heterocycles. The molecule has 1 aliphatic heterocycles. The first-order valence-electron chi connectivity index (χ1n) is 12.6. The Morgan fingerprint density at radius 3 is 2.03 bits per heavy atom. The highest BCUT2D eigenvalue weighted by Gasteiger charge is 2.24. The van der Waals surface area contributed by atoms with Gasteiger partial charge in [0.25, 0.3) is 0 Å². The molecule has 5 heteroatoms. The SMILES string of the molecule is CCCCCCCC1COC(c2ccc(-c3ccc(-c4ccc(C)c(F)c4F)cc3)c(F)c2)OC1. The van der Waals surface area contributed by atoms with Crippen LogP contribution in [-0.4, -0.2) is 13.2 Å². The molecule has 1 fully saturated rings. The fourth-order valence-corrected chi connectivity index (χ4v) is 4.55. The van der Waals surface area contributed by atoms with Crippen LogP contribution in [-0.2, 0) is 9.47 Å². The van der Waals surface area contributed by atoms with Gasteiger partial charge in [0.15, 0.2) is 17.9 Å². The lowest BCUT2D eigenvalue weighted by molar-refractivity contribution is -0.206. The number of unbranched alkanes of at least 4 members (excludes halogenated alkanes) is 4. The van der Waals surface area contributed by atoms with Gasteiger partial charge in [-0.1, -0.05) is 87.6 Å². The van der Waals surface area contributed by atoms with E-state index in [2.05, 4.69) is 6.92 Å². The lowest BCUT2D eigenvalue weighted by atomic mass is 9.98. The minimum atomic E-state index is -0.875. The van der Waals surface area contributed by atoms with E-state index in [1.165, 1.54) is 45.1 Å². The molecule has 0 bridgehead atoms. The summed E-state index contributed by atoms with van der Waals surface area (Å²) in [6, 6.07) is 14.8. The Bertz CT molecular complexity index is 1120. The van der Waals surface area contributed by atoms with Gasteiger partial charge >= 0.3 is 0 Å². The molecule has 186 valence electrons. The first-order valence-corrected chi connectivity index (χ1v) is 12.6. The Hall–Kier alpha value is -2.63. The van der Waals surface area contributed by atoms with Crippen LogP contribution in [0.25, 0.3) is 22.3 Å². The maximum absolute atomic E-state index is 15.0. The van der Waals surface area contributed by atoms with Gasteiger partial charge in [-0.05, 0) is 36.1 Å². The van der Waals surface area contributed by atoms with Gasteiger partial charge in [-0.3, -0.25) is 0 Å². The van der Waals surface area contributed by atoms with Crippen molar-refractivity contribution in [1.82, 2.24) is 0 Å². The molecular weight excluding hydrogens is 449 g/mol. The molecule has 0 atom stereocenters. The third-order valence-electron chi connectivity index (χ3n) is 6.73. The highest BCUT2D eigenvalue weighted by molar-refractivity contribution is 5.71. The summed E-state index contributed by atoms with van der Waals surface area (Å²) in [5.41, 5.74) is 2.71. The molecular formula is C30H33F3O2. The highest BCUT2D eigenvalue weighted by atomic mass is 19.2. The zero-order valence-electron chi connectivity index (χ0n) is 20.5. The number of hydrogen-bond donors (Lipinski definition) is 0. The largest absolute Gasteiger partial charge is 0.348 e. The average Bonchev–Trinajstić information content (AvgIpc) is 2.88. The Balaban J connectivity index is 1.38. The Morgan fingerprint density at radius 2 is 1.37 bits per heavy atom. The number of rotatable bonds is 9. The van der Waals surface area contributed by atoms with E-state index in [-0.39, 0.29) is 16.9 Å². The van der Waals surface area contributed by atoms with Gasteiger partial charge in [0, 0.05) is 22.6 Å². The molecule has 0 N–H and O–H groups in total. The number of halogens is 3. The Morgan fingerprint density at radius 1 is 0.743 bits per heavy atom. The number of benzene rings is 3. The zero-order chi connectivity index (χ0) is 24.8. The lowest BCUT2D eigenvalue weighted by Crippen LogP contribution is -2.27. The standard InChI is InChI=1S/C30H33F3O2/c1-3-4-5-6-7-8-21-18-34-30(35-19-21)24-14-16-25(27(31)17-24)22-10-12-23(13-11-22)26-15-9-20(2)28(32)29(26)33/h9-17,21,30H,3-8,18-19H2,1-2H3. The van der Waals surface area contributed by atoms with E-state index in [1.54, 1.807) is 42.5 Å². The molecule has 1 saturated heterocycles. The van der Waals surface area contributed by atoms with Gasteiger partial charge in [-0.25, -0.2) is 13.2 Å². The van der Waals surface area contributed by atoms with Gasteiger partial charge in [0.05, 0.1) is 13.2 Å². The van der Waals surface area contributed by atoms with Gasteiger partial charge in [0.2, 0.25) is 0 Å². The summed E-state index contributed by atoms with van der Waals surface area (Å²) in [7, 11) is 0. The highest BCUT2D eigenvalue weighted by Crippen LogP contribution is 2.33. The molecule has 35 heavy (non-hydrogen) atoms. The van der Waals surface area contributed by atoms with Crippen LogP contribution in [0.4, 0.5) is 13.2 Å². The van der Waals surface area contributed by atoms with Crippen LogP contribution in [0.1, 0.15) is 62.9 Å². The minimum Gasteiger partial charge on any atom is -0.348 e.